The Balaban J connectivity index is -0.000000316. The van der Waals surface area contributed by atoms with Crippen LogP contribution in [-0.2, 0) is 45.4 Å². The van der Waals surface area contributed by atoms with Crippen molar-refractivity contribution in [2.45, 2.75) is 336 Å². The van der Waals surface area contributed by atoms with Crippen molar-refractivity contribution in [3.8, 4) is 0 Å². The fourth-order valence-electron chi connectivity index (χ4n) is 8.35. The van der Waals surface area contributed by atoms with Crippen molar-refractivity contribution in [2.24, 2.45) is 0 Å². The van der Waals surface area contributed by atoms with Crippen LogP contribution >= 0.6 is 0 Å². The van der Waals surface area contributed by atoms with Crippen LogP contribution in [0.15, 0.2) is 97.2 Å². The van der Waals surface area contributed by atoms with Gasteiger partial charge >= 0.3 is 23.9 Å². The molecule has 9 heteroatoms. The molecular formula is C72H128O8Zr. The van der Waals surface area contributed by atoms with E-state index in [1.807, 2.05) is 0 Å². The molecule has 0 saturated heterocycles. The Morgan fingerprint density at radius 3 is 0.494 bits per heavy atom. The molecule has 0 bridgehead atoms. The van der Waals surface area contributed by atoms with Crippen LogP contribution in [-0.4, -0.2) is 44.3 Å². The van der Waals surface area contributed by atoms with Gasteiger partial charge in [-0.1, -0.05) is 253 Å². The molecule has 81 heavy (non-hydrogen) atoms. The smallest absolute Gasteiger partial charge is 0.303 e. The summed E-state index contributed by atoms with van der Waals surface area (Å²) in [5.41, 5.74) is 0. The monoisotopic (exact) mass is 1210 g/mol. The van der Waals surface area contributed by atoms with Crippen LogP contribution in [0.5, 0.6) is 0 Å². The molecule has 0 aromatic rings. The minimum Gasteiger partial charge on any atom is -0.481 e. The normalized spacial score (nSPS) is 11.5. The van der Waals surface area contributed by atoms with E-state index in [9.17, 15) is 19.2 Å². The maximum absolute atomic E-state index is 10.3. The van der Waals surface area contributed by atoms with Gasteiger partial charge in [0.1, 0.15) is 0 Å². The van der Waals surface area contributed by atoms with E-state index in [4.69, 9.17) is 20.4 Å². The van der Waals surface area contributed by atoms with Gasteiger partial charge in [-0.2, -0.15) is 0 Å². The summed E-state index contributed by atoms with van der Waals surface area (Å²) in [5.74, 6) is -2.68. The second kappa shape index (κ2) is 83.1. The molecule has 0 atom stereocenters. The molecule has 0 aliphatic carbocycles. The van der Waals surface area contributed by atoms with E-state index in [2.05, 4.69) is 125 Å². The van der Waals surface area contributed by atoms with Crippen molar-refractivity contribution in [2.75, 3.05) is 0 Å². The van der Waals surface area contributed by atoms with Crippen LogP contribution in [0, 0.1) is 0 Å². The molecule has 468 valence electrons. The van der Waals surface area contributed by atoms with Crippen molar-refractivity contribution < 1.29 is 65.8 Å². The molecule has 0 heterocycles. The third kappa shape index (κ3) is 102. The molecule has 0 aromatic carbocycles. The van der Waals surface area contributed by atoms with Crippen LogP contribution in [0.4, 0.5) is 0 Å². The number of hydrogen-bond donors (Lipinski definition) is 4. The minimum absolute atomic E-state index is 0. The molecular weight excluding hydrogens is 1080 g/mol. The summed E-state index contributed by atoms with van der Waals surface area (Å²) in [7, 11) is 0. The van der Waals surface area contributed by atoms with Crippen molar-refractivity contribution in [1.29, 1.82) is 0 Å². The molecule has 0 aromatic heterocycles. The molecule has 0 radical (unpaired) electrons. The summed E-state index contributed by atoms with van der Waals surface area (Å²) in [5, 5.41) is 34.0. The zero-order chi connectivity index (χ0) is 59.6. The molecule has 0 aliphatic heterocycles. The van der Waals surface area contributed by atoms with Crippen molar-refractivity contribution in [3.05, 3.63) is 97.2 Å². The third-order valence-electron chi connectivity index (χ3n) is 13.4. The second-order valence-corrected chi connectivity index (χ2v) is 21.5. The number of aliphatic carboxylic acids is 4. The molecule has 0 rings (SSSR count). The Bertz CT molecular complexity index is 1300. The summed E-state index contributed by atoms with van der Waals surface area (Å²) in [4.78, 5) is 41.3. The Kier molecular flexibility index (Phi) is 88.8. The fourth-order valence-corrected chi connectivity index (χ4v) is 8.35. The van der Waals surface area contributed by atoms with Gasteiger partial charge in [0, 0.05) is 51.9 Å². The molecule has 0 amide bonds. The average Bonchev–Trinajstić information content (AvgIpc) is 3.43. The Morgan fingerprint density at radius 2 is 0.346 bits per heavy atom. The molecule has 0 spiro atoms. The summed E-state index contributed by atoms with van der Waals surface area (Å²) in [6, 6.07) is 0. The second-order valence-electron chi connectivity index (χ2n) is 21.5. The molecule has 0 aliphatic rings. The number of allylic oxidation sites excluding steroid dienone is 16. The zero-order valence-electron chi connectivity index (χ0n) is 53.1. The number of carbonyl (C=O) groups is 4. The molecule has 4 N–H and O–H groups in total. The predicted octanol–water partition coefficient (Wildman–Crippen LogP) is 23.5. The summed E-state index contributed by atoms with van der Waals surface area (Å²) >= 11 is 0. The van der Waals surface area contributed by atoms with E-state index in [0.717, 1.165) is 103 Å². The van der Waals surface area contributed by atoms with Crippen LogP contribution in [0.3, 0.4) is 0 Å². The third-order valence-corrected chi connectivity index (χ3v) is 13.4. The van der Waals surface area contributed by atoms with Gasteiger partial charge in [0.15, 0.2) is 0 Å². The van der Waals surface area contributed by atoms with E-state index in [0.29, 0.717) is 25.7 Å². The summed E-state index contributed by atoms with van der Waals surface area (Å²) in [6.07, 6.45) is 89.1. The van der Waals surface area contributed by atoms with Crippen LogP contribution in [0.2, 0.25) is 0 Å². The van der Waals surface area contributed by atoms with Gasteiger partial charge in [-0.25, -0.2) is 0 Å². The van der Waals surface area contributed by atoms with Gasteiger partial charge in [0.05, 0.1) is 0 Å². The first-order chi connectivity index (χ1) is 39.1. The first kappa shape index (κ1) is 86.5. The van der Waals surface area contributed by atoms with Gasteiger partial charge in [-0.15, -0.1) is 0 Å². The van der Waals surface area contributed by atoms with Gasteiger partial charge in [0.2, 0.25) is 0 Å². The molecule has 0 fully saturated rings. The van der Waals surface area contributed by atoms with Gasteiger partial charge in [0.25, 0.3) is 0 Å². The van der Waals surface area contributed by atoms with Crippen LogP contribution < -0.4 is 0 Å². The number of rotatable bonds is 56. The van der Waals surface area contributed by atoms with E-state index >= 15 is 0 Å². The van der Waals surface area contributed by atoms with Gasteiger partial charge < -0.3 is 20.4 Å². The largest absolute Gasteiger partial charge is 0.481 e. The first-order valence-electron chi connectivity index (χ1n) is 33.2. The van der Waals surface area contributed by atoms with Crippen molar-refractivity contribution >= 4 is 23.9 Å². The van der Waals surface area contributed by atoms with Gasteiger partial charge in [-0.05, 0) is 154 Å². The van der Waals surface area contributed by atoms with E-state index in [1.54, 1.807) is 0 Å². The molecule has 0 unspecified atom stereocenters. The van der Waals surface area contributed by atoms with Crippen molar-refractivity contribution in [3.63, 3.8) is 0 Å². The first-order valence-corrected chi connectivity index (χ1v) is 33.2. The quantitative estimate of drug-likeness (QED) is 0.0347. The number of unbranched alkanes of at least 4 members (excludes halogenated alkanes) is 32. The number of carboxylic acids is 4. The fraction of sp³-hybridized carbons (Fsp3) is 0.722. The van der Waals surface area contributed by atoms with E-state index < -0.39 is 23.9 Å². The Morgan fingerprint density at radius 1 is 0.210 bits per heavy atom. The maximum Gasteiger partial charge on any atom is 0.303 e. The summed E-state index contributed by atoms with van der Waals surface area (Å²) < 4.78 is 0. The maximum atomic E-state index is 10.3. The average molecular weight is 1210 g/mol. The zero-order valence-corrected chi connectivity index (χ0v) is 55.6. The van der Waals surface area contributed by atoms with Crippen molar-refractivity contribution in [1.82, 2.24) is 0 Å². The number of carboxylic acid groups (broad SMARTS) is 4. The molecule has 8 nitrogen and oxygen atoms in total. The number of hydrogen-bond acceptors (Lipinski definition) is 4. The van der Waals surface area contributed by atoms with E-state index in [1.165, 1.54) is 180 Å². The Hall–Kier alpha value is -3.32. The van der Waals surface area contributed by atoms with Crippen LogP contribution in [0.25, 0.3) is 0 Å². The minimum atomic E-state index is -0.671. The van der Waals surface area contributed by atoms with Crippen LogP contribution in [0.1, 0.15) is 336 Å². The standard InChI is InChI=1S/4C18H32O2.Zr/c4*1-2-3-4-5-6-7-8-9-10-11-12-13-14-15-16-17-18(19)20;/h4*6-7,9-10H,2-5,8,11-17H2,1H3,(H,19,20);/b4*7-6-,10-9-;. The summed E-state index contributed by atoms with van der Waals surface area (Å²) in [6.45, 7) is 8.94. The molecule has 0 saturated carbocycles. The van der Waals surface area contributed by atoms with E-state index in [-0.39, 0.29) is 26.2 Å². The predicted molar refractivity (Wildman–Crippen MR) is 348 cm³/mol. The topological polar surface area (TPSA) is 149 Å². The van der Waals surface area contributed by atoms with Gasteiger partial charge in [-0.3, -0.25) is 19.2 Å². The SMILES string of the molecule is CCCCC/C=C\C/C=C\CCCCCCCC(=O)O.CCCCC/C=C\C/C=C\CCCCCCCC(=O)O.CCCCC/C=C\C/C=C\CCCCCCCC(=O)O.CCCCC/C=C\C/C=C\CCCCCCCC(=O)O.[Zr]. The Labute approximate surface area is 519 Å².